The van der Waals surface area contributed by atoms with Gasteiger partial charge in [-0.25, -0.2) is 63.0 Å². The van der Waals surface area contributed by atoms with Crippen LogP contribution < -0.4 is 30.4 Å². The fourth-order valence-electron chi connectivity index (χ4n) is 5.59. The molecule has 0 aliphatic heterocycles. The van der Waals surface area contributed by atoms with Crippen molar-refractivity contribution in [3.05, 3.63) is 149 Å². The Morgan fingerprint density at radius 1 is 0.577 bits per heavy atom. The Kier molecular flexibility index (Phi) is 10.4. The largest absolute Gasteiger partial charge is 0.332 e. The van der Waals surface area contributed by atoms with Gasteiger partial charge in [0.15, 0.2) is 0 Å². The number of rotatable bonds is 10. The van der Waals surface area contributed by atoms with E-state index >= 15 is 0 Å². The third-order valence-electron chi connectivity index (χ3n) is 7.58. The van der Waals surface area contributed by atoms with Crippen LogP contribution in [0.5, 0.6) is 0 Å². The second-order valence-electron chi connectivity index (χ2n) is 11.1. The molecule has 1 aliphatic rings. The van der Waals surface area contributed by atoms with Crippen molar-refractivity contribution in [3.8, 4) is 0 Å². The van der Waals surface area contributed by atoms with E-state index in [1.54, 1.807) is 9.44 Å². The van der Waals surface area contributed by atoms with E-state index in [0.717, 1.165) is 6.08 Å². The average Bonchev–Trinajstić information content (AvgIpc) is 3.08. The van der Waals surface area contributed by atoms with Gasteiger partial charge in [0, 0.05) is 11.3 Å². The molecule has 20 heteroatoms. The molecule has 0 fully saturated rings. The first kappa shape index (κ1) is 37.9. The fourth-order valence-corrected chi connectivity index (χ4v) is 9.80. The summed E-state index contributed by atoms with van der Waals surface area (Å²) >= 11 is 0. The molecule has 4 aromatic rings. The molecule has 4 amide bonds. The standard InChI is InChI=1S/C32H30N6O10S4/c33-49(41,42)28-26(35-30(39)37-51(45,46)24-17-9-3-10-18-24)21-32(23-15-7-2-8-16-23,29(50(34,43)44)27(28)22-13-5-1-6-14-22)36-31(40)38-52(47,48)25-19-11-4-12-20-25/h1-21,28H,(H2,33,41,42)(H2,34,43,44)(H2,35,37,39)(H2,36,38,40). The summed E-state index contributed by atoms with van der Waals surface area (Å²) in [7, 11) is -19.3. The summed E-state index contributed by atoms with van der Waals surface area (Å²) in [5, 5.41) is 13.8. The number of carbonyl (C=O) groups excluding carboxylic acids is 2. The highest BCUT2D eigenvalue weighted by Gasteiger charge is 2.52. The lowest BCUT2D eigenvalue weighted by Crippen LogP contribution is -2.57. The summed E-state index contributed by atoms with van der Waals surface area (Å²) in [6.45, 7) is 0. The fraction of sp³-hybridized carbons (Fsp3) is 0.0625. The van der Waals surface area contributed by atoms with Crippen molar-refractivity contribution in [3.63, 3.8) is 0 Å². The summed E-state index contributed by atoms with van der Waals surface area (Å²) in [5.74, 6) is 0. The van der Waals surface area contributed by atoms with Gasteiger partial charge in [-0.2, -0.15) is 0 Å². The molecule has 2 unspecified atom stereocenters. The van der Waals surface area contributed by atoms with Crippen LogP contribution in [0.25, 0.3) is 5.57 Å². The molecular weight excluding hydrogens is 757 g/mol. The molecule has 0 spiro atoms. The zero-order valence-corrected chi connectivity index (χ0v) is 29.8. The summed E-state index contributed by atoms with van der Waals surface area (Å²) in [6.07, 6.45) is 0.785. The Morgan fingerprint density at radius 3 is 1.44 bits per heavy atom. The van der Waals surface area contributed by atoms with Gasteiger partial charge in [-0.3, -0.25) is 0 Å². The minimum absolute atomic E-state index is 0.116. The number of carbonyl (C=O) groups is 2. The molecule has 0 saturated heterocycles. The smallest absolute Gasteiger partial charge is 0.319 e. The third-order valence-corrected chi connectivity index (χ3v) is 12.5. The molecular formula is C32H30N6O10S4. The molecule has 0 saturated carbocycles. The number of hydrogen-bond donors (Lipinski definition) is 6. The van der Waals surface area contributed by atoms with Crippen LogP contribution >= 0.6 is 0 Å². The lowest BCUT2D eigenvalue weighted by atomic mass is 9.79. The van der Waals surface area contributed by atoms with Crippen LogP contribution in [0.4, 0.5) is 9.59 Å². The van der Waals surface area contributed by atoms with Crippen LogP contribution in [0.2, 0.25) is 0 Å². The Morgan fingerprint density at radius 2 is 1.00 bits per heavy atom. The summed E-state index contributed by atoms with van der Waals surface area (Å²) in [4.78, 5) is 25.5. The molecule has 5 rings (SSSR count). The minimum Gasteiger partial charge on any atom is -0.319 e. The van der Waals surface area contributed by atoms with E-state index in [4.69, 9.17) is 10.3 Å². The number of sulfonamides is 4. The highest BCUT2D eigenvalue weighted by Crippen LogP contribution is 2.46. The monoisotopic (exact) mass is 786 g/mol. The second-order valence-corrected chi connectivity index (χ2v) is 17.7. The zero-order valence-electron chi connectivity index (χ0n) is 26.6. The van der Waals surface area contributed by atoms with E-state index in [-0.39, 0.29) is 20.9 Å². The van der Waals surface area contributed by atoms with Crippen molar-refractivity contribution in [2.45, 2.75) is 20.6 Å². The lowest BCUT2D eigenvalue weighted by Gasteiger charge is -2.41. The highest BCUT2D eigenvalue weighted by molar-refractivity contribution is 7.94. The lowest BCUT2D eigenvalue weighted by molar-refractivity contribution is 0.240. The van der Waals surface area contributed by atoms with E-state index in [0.29, 0.717) is 0 Å². The molecule has 52 heavy (non-hydrogen) atoms. The quantitative estimate of drug-likeness (QED) is 0.135. The molecule has 0 bridgehead atoms. The Labute approximate surface area is 299 Å². The van der Waals surface area contributed by atoms with Crippen molar-refractivity contribution in [2.24, 2.45) is 10.3 Å². The molecule has 1 aliphatic carbocycles. The molecule has 8 N–H and O–H groups in total. The van der Waals surface area contributed by atoms with E-state index in [1.165, 1.54) is 121 Å². The van der Waals surface area contributed by atoms with Gasteiger partial charge in [0.1, 0.15) is 10.8 Å². The number of benzene rings is 4. The molecule has 2 atom stereocenters. The number of nitrogens with one attached hydrogen (secondary N) is 4. The van der Waals surface area contributed by atoms with E-state index in [1.807, 2.05) is 0 Å². The van der Waals surface area contributed by atoms with Crippen LogP contribution in [0, 0.1) is 0 Å². The topological polar surface area (TPSA) is 271 Å². The summed E-state index contributed by atoms with van der Waals surface area (Å²) in [5.41, 5.74) is -4.22. The van der Waals surface area contributed by atoms with E-state index in [2.05, 4.69) is 10.6 Å². The van der Waals surface area contributed by atoms with Crippen LogP contribution in [0.15, 0.2) is 148 Å². The zero-order chi connectivity index (χ0) is 38.0. The number of urea groups is 2. The van der Waals surface area contributed by atoms with Crippen molar-refractivity contribution in [1.29, 1.82) is 0 Å². The van der Waals surface area contributed by atoms with Crippen molar-refractivity contribution in [1.82, 2.24) is 20.1 Å². The second kappa shape index (κ2) is 14.3. The van der Waals surface area contributed by atoms with E-state index < -0.39 is 79.1 Å². The molecule has 0 heterocycles. The third kappa shape index (κ3) is 8.06. The van der Waals surface area contributed by atoms with Crippen molar-refractivity contribution >= 4 is 57.7 Å². The predicted octanol–water partition coefficient (Wildman–Crippen LogP) is 1.51. The van der Waals surface area contributed by atoms with Crippen molar-refractivity contribution < 1.29 is 43.3 Å². The number of nitrogens with two attached hydrogens (primary N) is 2. The van der Waals surface area contributed by atoms with Gasteiger partial charge in [-0.1, -0.05) is 97.1 Å². The van der Waals surface area contributed by atoms with Gasteiger partial charge in [0.25, 0.3) is 20.0 Å². The first-order valence-corrected chi connectivity index (χ1v) is 20.9. The van der Waals surface area contributed by atoms with Gasteiger partial charge in [-0.15, -0.1) is 0 Å². The van der Waals surface area contributed by atoms with Crippen LogP contribution in [0.1, 0.15) is 11.1 Å². The van der Waals surface area contributed by atoms with Gasteiger partial charge in [0.2, 0.25) is 20.0 Å². The number of hydrogen-bond acceptors (Lipinski definition) is 10. The molecule has 16 nitrogen and oxygen atoms in total. The molecule has 272 valence electrons. The van der Waals surface area contributed by atoms with Crippen LogP contribution in [-0.4, -0.2) is 51.0 Å². The minimum atomic E-state index is -5.13. The summed E-state index contributed by atoms with van der Waals surface area (Å²) in [6, 6.07) is 24.3. The van der Waals surface area contributed by atoms with Gasteiger partial charge in [-0.05, 0) is 41.5 Å². The summed E-state index contributed by atoms with van der Waals surface area (Å²) < 4.78 is 110. The van der Waals surface area contributed by atoms with Crippen LogP contribution in [-0.2, 0) is 45.6 Å². The molecule has 4 aromatic carbocycles. The van der Waals surface area contributed by atoms with Gasteiger partial charge >= 0.3 is 12.1 Å². The maximum absolute atomic E-state index is 13.8. The number of primary sulfonamides is 2. The first-order valence-electron chi connectivity index (χ1n) is 14.8. The Bertz CT molecular complexity index is 2520. The van der Waals surface area contributed by atoms with Crippen LogP contribution in [0.3, 0.4) is 0 Å². The van der Waals surface area contributed by atoms with Gasteiger partial charge < -0.3 is 10.6 Å². The molecule has 0 aromatic heterocycles. The maximum atomic E-state index is 13.8. The van der Waals surface area contributed by atoms with Crippen molar-refractivity contribution in [2.75, 3.05) is 0 Å². The number of amides is 4. The van der Waals surface area contributed by atoms with Gasteiger partial charge in [0.05, 0.1) is 14.7 Å². The first-order chi connectivity index (χ1) is 24.3. The Hall–Kier alpha value is -5.38. The SMILES string of the molecule is NS(=O)(=O)C1=C(c2ccccc2)C(S(N)(=O)=O)C(NC(=O)NS(=O)(=O)c2ccccc2)=CC1(NC(=O)NS(=O)(=O)c1ccccc1)c1ccccc1. The Balaban J connectivity index is 1.79. The normalized spacial score (nSPS) is 18.1. The predicted molar refractivity (Wildman–Crippen MR) is 190 cm³/mol. The highest BCUT2D eigenvalue weighted by atomic mass is 32.2. The maximum Gasteiger partial charge on any atom is 0.332 e. The van der Waals surface area contributed by atoms with E-state index in [9.17, 15) is 43.3 Å². The average molecular weight is 787 g/mol. The molecule has 0 radical (unpaired) electrons.